The summed E-state index contributed by atoms with van der Waals surface area (Å²) in [5.74, 6) is 0.208. The molecular formula is C9H12ClN3OS. The normalized spacial score (nSPS) is 13.9. The molecule has 1 heterocycles. The second-order valence-electron chi connectivity index (χ2n) is 2.85. The molecule has 0 radical (unpaired) electrons. The highest BCUT2D eigenvalue weighted by Gasteiger charge is 2.13. The van der Waals surface area contributed by atoms with Crippen molar-refractivity contribution in [2.75, 3.05) is 0 Å². The number of oxime groups is 1. The van der Waals surface area contributed by atoms with Crippen LogP contribution in [0.15, 0.2) is 28.5 Å². The zero-order chi connectivity index (χ0) is 11.3. The Labute approximate surface area is 97.5 Å². The van der Waals surface area contributed by atoms with Gasteiger partial charge >= 0.3 is 0 Å². The van der Waals surface area contributed by atoms with E-state index in [1.54, 1.807) is 18.3 Å². The van der Waals surface area contributed by atoms with Crippen molar-refractivity contribution in [3.8, 4) is 0 Å². The summed E-state index contributed by atoms with van der Waals surface area (Å²) in [4.78, 5) is 4.12. The summed E-state index contributed by atoms with van der Waals surface area (Å²) in [6, 6.07) is 3.57. The first-order chi connectivity index (χ1) is 7.17. The maximum absolute atomic E-state index is 8.57. The van der Waals surface area contributed by atoms with Gasteiger partial charge in [-0.3, -0.25) is 0 Å². The monoisotopic (exact) mass is 245 g/mol. The van der Waals surface area contributed by atoms with E-state index in [0.717, 1.165) is 11.4 Å². The molecule has 3 N–H and O–H groups in total. The van der Waals surface area contributed by atoms with Crippen molar-refractivity contribution in [3.63, 3.8) is 0 Å². The third-order valence-electron chi connectivity index (χ3n) is 1.78. The highest BCUT2D eigenvalue weighted by molar-refractivity contribution is 8.00. The van der Waals surface area contributed by atoms with Crippen LogP contribution in [-0.2, 0) is 0 Å². The number of pyridine rings is 1. The van der Waals surface area contributed by atoms with Crippen LogP contribution in [0, 0.1) is 0 Å². The predicted octanol–water partition coefficient (Wildman–Crippen LogP) is 2.35. The first-order valence-corrected chi connectivity index (χ1v) is 5.68. The van der Waals surface area contributed by atoms with E-state index in [9.17, 15) is 0 Å². The van der Waals surface area contributed by atoms with Gasteiger partial charge in [-0.2, -0.15) is 0 Å². The maximum Gasteiger partial charge on any atom is 0.152 e. The Hall–Kier alpha value is -0.940. The van der Waals surface area contributed by atoms with E-state index in [1.165, 1.54) is 11.8 Å². The zero-order valence-electron chi connectivity index (χ0n) is 8.22. The van der Waals surface area contributed by atoms with E-state index in [1.807, 2.05) is 6.92 Å². The van der Waals surface area contributed by atoms with Crippen molar-refractivity contribution in [3.05, 3.63) is 23.4 Å². The van der Waals surface area contributed by atoms with Crippen LogP contribution < -0.4 is 5.73 Å². The third-order valence-corrected chi connectivity index (χ3v) is 3.35. The SMILES string of the molecule is CCC(Sc1ccc(Cl)cn1)C(N)=NO. The fraction of sp³-hybridized carbons (Fsp3) is 0.333. The molecule has 82 valence electrons. The largest absolute Gasteiger partial charge is 0.409 e. The minimum Gasteiger partial charge on any atom is -0.409 e. The van der Waals surface area contributed by atoms with Gasteiger partial charge in [-0.05, 0) is 18.6 Å². The lowest BCUT2D eigenvalue weighted by Gasteiger charge is -2.11. The molecule has 0 spiro atoms. The summed E-state index contributed by atoms with van der Waals surface area (Å²) in [5.41, 5.74) is 5.53. The number of thioether (sulfide) groups is 1. The van der Waals surface area contributed by atoms with Gasteiger partial charge in [0.25, 0.3) is 0 Å². The van der Waals surface area contributed by atoms with Crippen LogP contribution in [0.1, 0.15) is 13.3 Å². The van der Waals surface area contributed by atoms with E-state index in [2.05, 4.69) is 10.1 Å². The molecule has 15 heavy (non-hydrogen) atoms. The number of nitrogens with two attached hydrogens (primary N) is 1. The first kappa shape index (κ1) is 12.1. The van der Waals surface area contributed by atoms with Crippen LogP contribution in [0.2, 0.25) is 5.02 Å². The van der Waals surface area contributed by atoms with Crippen LogP contribution in [0.5, 0.6) is 0 Å². The minimum absolute atomic E-state index is 0.0660. The van der Waals surface area contributed by atoms with Crippen LogP contribution in [0.3, 0.4) is 0 Å². The molecule has 0 aliphatic heterocycles. The molecule has 0 fully saturated rings. The molecule has 0 aliphatic rings. The van der Waals surface area contributed by atoms with Crippen molar-refractivity contribution in [2.24, 2.45) is 10.9 Å². The van der Waals surface area contributed by atoms with Crippen molar-refractivity contribution >= 4 is 29.2 Å². The molecule has 6 heteroatoms. The van der Waals surface area contributed by atoms with Crippen molar-refractivity contribution in [1.29, 1.82) is 0 Å². The highest BCUT2D eigenvalue weighted by Crippen LogP contribution is 2.24. The average Bonchev–Trinajstić information content (AvgIpc) is 2.27. The molecule has 4 nitrogen and oxygen atoms in total. The molecule has 1 rings (SSSR count). The van der Waals surface area contributed by atoms with Crippen molar-refractivity contribution in [1.82, 2.24) is 4.98 Å². The molecule has 0 amide bonds. The van der Waals surface area contributed by atoms with E-state index in [4.69, 9.17) is 22.5 Å². The lowest BCUT2D eigenvalue weighted by molar-refractivity contribution is 0.317. The number of aromatic nitrogens is 1. The lowest BCUT2D eigenvalue weighted by atomic mass is 10.3. The number of halogens is 1. The van der Waals surface area contributed by atoms with Gasteiger partial charge in [0, 0.05) is 6.20 Å². The zero-order valence-corrected chi connectivity index (χ0v) is 9.79. The second-order valence-corrected chi connectivity index (χ2v) is 4.51. The minimum atomic E-state index is -0.0660. The summed E-state index contributed by atoms with van der Waals surface area (Å²) < 4.78 is 0. The van der Waals surface area contributed by atoms with Gasteiger partial charge in [-0.1, -0.05) is 35.4 Å². The molecule has 1 aromatic heterocycles. The molecule has 1 unspecified atom stereocenters. The topological polar surface area (TPSA) is 71.5 Å². The van der Waals surface area contributed by atoms with Gasteiger partial charge in [0.1, 0.15) is 0 Å². The fourth-order valence-corrected chi connectivity index (χ4v) is 1.99. The number of nitrogens with zero attached hydrogens (tertiary/aromatic N) is 2. The number of hydrogen-bond donors (Lipinski definition) is 2. The smallest absolute Gasteiger partial charge is 0.152 e. The van der Waals surface area contributed by atoms with Crippen LogP contribution in [0.4, 0.5) is 0 Å². The molecule has 0 bridgehead atoms. The van der Waals surface area contributed by atoms with E-state index in [0.29, 0.717) is 5.02 Å². The summed E-state index contributed by atoms with van der Waals surface area (Å²) in [6.07, 6.45) is 2.34. The number of amidine groups is 1. The Bertz CT molecular complexity index is 342. The Balaban J connectivity index is 2.71. The Morgan fingerprint density at radius 2 is 2.47 bits per heavy atom. The number of rotatable bonds is 4. The third kappa shape index (κ3) is 3.60. The van der Waals surface area contributed by atoms with E-state index >= 15 is 0 Å². The van der Waals surface area contributed by atoms with Crippen LogP contribution in [0.25, 0.3) is 0 Å². The Morgan fingerprint density at radius 3 is 2.93 bits per heavy atom. The highest BCUT2D eigenvalue weighted by atomic mass is 35.5. The van der Waals surface area contributed by atoms with Crippen molar-refractivity contribution < 1.29 is 5.21 Å². The molecule has 0 aromatic carbocycles. The fourth-order valence-electron chi connectivity index (χ4n) is 0.995. The summed E-state index contributed by atoms with van der Waals surface area (Å²) in [7, 11) is 0. The molecule has 1 atom stereocenters. The van der Waals surface area contributed by atoms with Crippen LogP contribution >= 0.6 is 23.4 Å². The van der Waals surface area contributed by atoms with Gasteiger partial charge in [0.15, 0.2) is 5.84 Å². The summed E-state index contributed by atoms with van der Waals surface area (Å²) >= 11 is 7.16. The van der Waals surface area contributed by atoms with Gasteiger partial charge in [-0.15, -0.1) is 0 Å². The van der Waals surface area contributed by atoms with Crippen molar-refractivity contribution in [2.45, 2.75) is 23.6 Å². The maximum atomic E-state index is 8.57. The van der Waals surface area contributed by atoms with E-state index in [-0.39, 0.29) is 11.1 Å². The lowest BCUT2D eigenvalue weighted by Crippen LogP contribution is -2.25. The molecular weight excluding hydrogens is 234 g/mol. The first-order valence-electron chi connectivity index (χ1n) is 4.43. The van der Waals surface area contributed by atoms with Gasteiger partial charge in [0.2, 0.25) is 0 Å². The second kappa shape index (κ2) is 5.82. The molecule has 1 aromatic rings. The van der Waals surface area contributed by atoms with E-state index < -0.39 is 0 Å². The van der Waals surface area contributed by atoms with Gasteiger partial charge in [-0.25, -0.2) is 4.98 Å². The number of hydrogen-bond acceptors (Lipinski definition) is 4. The molecule has 0 aliphatic carbocycles. The summed E-state index contributed by atoms with van der Waals surface area (Å²) in [5, 5.41) is 12.9. The van der Waals surface area contributed by atoms with Gasteiger partial charge < -0.3 is 10.9 Å². The Kier molecular flexibility index (Phi) is 4.71. The molecule has 0 saturated carbocycles. The predicted molar refractivity (Wildman–Crippen MR) is 62.6 cm³/mol. The summed E-state index contributed by atoms with van der Waals surface area (Å²) in [6.45, 7) is 1.96. The Morgan fingerprint density at radius 1 is 1.73 bits per heavy atom. The quantitative estimate of drug-likeness (QED) is 0.281. The molecule has 0 saturated heterocycles. The standard InChI is InChI=1S/C9H12ClN3OS/c1-2-7(9(11)13-14)15-8-4-3-6(10)5-12-8/h3-5,7,14H,2H2,1H3,(H2,11,13). The average molecular weight is 246 g/mol. The van der Waals surface area contributed by atoms with Gasteiger partial charge in [0.05, 0.1) is 15.3 Å². The van der Waals surface area contributed by atoms with Crippen LogP contribution in [-0.4, -0.2) is 21.3 Å².